The van der Waals surface area contributed by atoms with Crippen LogP contribution in [0, 0.1) is 0 Å². The molecule has 4 aromatic rings. The summed E-state index contributed by atoms with van der Waals surface area (Å²) < 4.78 is 38.1. The molecule has 1 fully saturated rings. The van der Waals surface area contributed by atoms with Crippen molar-refractivity contribution in [3.63, 3.8) is 0 Å². The maximum absolute atomic E-state index is 14.0. The second kappa shape index (κ2) is 14.4. The molecule has 3 aromatic carbocycles. The molecule has 0 bridgehead atoms. The maximum atomic E-state index is 14.0. The maximum Gasteiger partial charge on any atom is 0.247 e. The number of aryl methyl sites for hydroxylation is 1. The highest BCUT2D eigenvalue weighted by Crippen LogP contribution is 2.27. The molecule has 2 heterocycles. The Bertz CT molecular complexity index is 1620. The van der Waals surface area contributed by atoms with Crippen molar-refractivity contribution in [2.24, 2.45) is 0 Å². The first-order valence-electron chi connectivity index (χ1n) is 14.7. The Balaban J connectivity index is 1.37. The van der Waals surface area contributed by atoms with Gasteiger partial charge in [0.15, 0.2) is 0 Å². The summed E-state index contributed by atoms with van der Waals surface area (Å²) in [7, 11) is -1.92. The zero-order valence-electron chi connectivity index (χ0n) is 24.7. The molecule has 230 valence electrons. The number of furan rings is 1. The second-order valence-electron chi connectivity index (χ2n) is 10.7. The summed E-state index contributed by atoms with van der Waals surface area (Å²) in [6.45, 7) is 1.47. The zero-order valence-corrected chi connectivity index (χ0v) is 25.5. The summed E-state index contributed by atoms with van der Waals surface area (Å²) in [6, 6.07) is 26.0. The quantitative estimate of drug-likeness (QED) is 0.224. The Morgan fingerprint density at radius 2 is 1.59 bits per heavy atom. The Kier molecular flexibility index (Phi) is 10.1. The lowest BCUT2D eigenvalue weighted by Gasteiger charge is -2.32. The standard InChI is InChI=1S/C34H37N3O6S/c1-42-29-16-11-27(12-17-29)25-37(33(28-8-3-2-4-9-28)34(39)35-24-30-10-7-23-43-30)32(38)20-15-26-13-18-31(19-14-26)44(40,41)36-21-5-6-22-36/h2-4,7-14,16-19,23,33H,5-6,15,20-22,24-25H2,1H3,(H,35,39)/t33-/m0/s1. The summed E-state index contributed by atoms with van der Waals surface area (Å²) in [5.41, 5.74) is 2.36. The van der Waals surface area contributed by atoms with E-state index < -0.39 is 16.1 Å². The van der Waals surface area contributed by atoms with E-state index in [2.05, 4.69) is 5.32 Å². The van der Waals surface area contributed by atoms with Gasteiger partial charge in [0, 0.05) is 26.1 Å². The van der Waals surface area contributed by atoms with Crippen LogP contribution >= 0.6 is 0 Å². The number of carbonyl (C=O) groups is 2. The summed E-state index contributed by atoms with van der Waals surface area (Å²) in [5.74, 6) is 0.758. The Morgan fingerprint density at radius 3 is 2.23 bits per heavy atom. The van der Waals surface area contributed by atoms with Gasteiger partial charge in [-0.3, -0.25) is 9.59 Å². The number of ether oxygens (including phenoxy) is 1. The van der Waals surface area contributed by atoms with Crippen LogP contribution in [0.3, 0.4) is 0 Å². The highest BCUT2D eigenvalue weighted by atomic mass is 32.2. The topological polar surface area (TPSA) is 109 Å². The molecule has 0 spiro atoms. The molecule has 1 atom stereocenters. The highest BCUT2D eigenvalue weighted by molar-refractivity contribution is 7.89. The monoisotopic (exact) mass is 615 g/mol. The largest absolute Gasteiger partial charge is 0.497 e. The Labute approximate surface area is 258 Å². The number of hydrogen-bond donors (Lipinski definition) is 1. The van der Waals surface area contributed by atoms with Crippen LogP contribution in [0.5, 0.6) is 5.75 Å². The normalized spacial score (nSPS) is 14.2. The van der Waals surface area contributed by atoms with Crippen LogP contribution in [0.1, 0.15) is 47.8 Å². The van der Waals surface area contributed by atoms with E-state index in [4.69, 9.17) is 9.15 Å². The number of rotatable bonds is 13. The van der Waals surface area contributed by atoms with Crippen molar-refractivity contribution in [3.8, 4) is 5.75 Å². The molecule has 9 nitrogen and oxygen atoms in total. The van der Waals surface area contributed by atoms with Gasteiger partial charge in [-0.2, -0.15) is 4.31 Å². The van der Waals surface area contributed by atoms with Gasteiger partial charge in [-0.1, -0.05) is 54.6 Å². The molecule has 1 saturated heterocycles. The van der Waals surface area contributed by atoms with Crippen LogP contribution in [0.2, 0.25) is 0 Å². The van der Waals surface area contributed by atoms with Gasteiger partial charge >= 0.3 is 0 Å². The van der Waals surface area contributed by atoms with Gasteiger partial charge in [0.05, 0.1) is 24.8 Å². The molecular formula is C34H37N3O6S. The van der Waals surface area contributed by atoms with Crippen molar-refractivity contribution < 1.29 is 27.2 Å². The van der Waals surface area contributed by atoms with Gasteiger partial charge in [0.2, 0.25) is 21.8 Å². The van der Waals surface area contributed by atoms with Gasteiger partial charge in [-0.15, -0.1) is 0 Å². The van der Waals surface area contributed by atoms with Crippen molar-refractivity contribution in [1.82, 2.24) is 14.5 Å². The molecule has 0 saturated carbocycles. The molecule has 44 heavy (non-hydrogen) atoms. The van der Waals surface area contributed by atoms with Crippen molar-refractivity contribution in [2.75, 3.05) is 20.2 Å². The van der Waals surface area contributed by atoms with Gasteiger partial charge in [-0.05, 0) is 72.4 Å². The fourth-order valence-corrected chi connectivity index (χ4v) is 6.86. The lowest BCUT2D eigenvalue weighted by atomic mass is 10.0. The number of amides is 2. The average Bonchev–Trinajstić information content (AvgIpc) is 3.79. The number of sulfonamides is 1. The van der Waals surface area contributed by atoms with E-state index in [1.165, 1.54) is 4.31 Å². The third-order valence-corrected chi connectivity index (χ3v) is 9.69. The fraction of sp³-hybridized carbons (Fsp3) is 0.294. The summed E-state index contributed by atoms with van der Waals surface area (Å²) in [5, 5.41) is 2.93. The molecule has 0 unspecified atom stereocenters. The molecule has 0 aliphatic carbocycles. The molecule has 1 aliphatic rings. The van der Waals surface area contributed by atoms with Gasteiger partial charge < -0.3 is 19.4 Å². The van der Waals surface area contributed by atoms with E-state index in [-0.39, 0.29) is 36.2 Å². The first kappa shape index (κ1) is 31.0. The van der Waals surface area contributed by atoms with Crippen molar-refractivity contribution in [1.29, 1.82) is 0 Å². The third-order valence-electron chi connectivity index (χ3n) is 7.78. The van der Waals surface area contributed by atoms with Crippen LogP contribution in [-0.4, -0.2) is 49.6 Å². The number of carbonyl (C=O) groups excluding carboxylic acids is 2. The van der Waals surface area contributed by atoms with E-state index in [1.807, 2.05) is 54.6 Å². The van der Waals surface area contributed by atoms with E-state index >= 15 is 0 Å². The molecule has 5 rings (SSSR count). The van der Waals surface area contributed by atoms with Crippen LogP contribution in [-0.2, 0) is 39.1 Å². The molecule has 10 heteroatoms. The molecule has 1 aromatic heterocycles. The van der Waals surface area contributed by atoms with Crippen LogP contribution in [0.25, 0.3) is 0 Å². The van der Waals surface area contributed by atoms with Crippen LogP contribution in [0.15, 0.2) is 107 Å². The fourth-order valence-electron chi connectivity index (χ4n) is 5.34. The third kappa shape index (κ3) is 7.56. The predicted molar refractivity (Wildman–Crippen MR) is 166 cm³/mol. The van der Waals surface area contributed by atoms with E-state index in [9.17, 15) is 18.0 Å². The molecule has 1 N–H and O–H groups in total. The summed E-state index contributed by atoms with van der Waals surface area (Å²) in [4.78, 5) is 29.6. The molecule has 0 radical (unpaired) electrons. The molecule has 2 amide bonds. The number of nitrogens with zero attached hydrogens (tertiary/aromatic N) is 2. The van der Waals surface area contributed by atoms with Crippen LogP contribution < -0.4 is 10.1 Å². The minimum absolute atomic E-state index is 0.128. The number of benzene rings is 3. The van der Waals surface area contributed by atoms with Crippen molar-refractivity contribution >= 4 is 21.8 Å². The lowest BCUT2D eigenvalue weighted by Crippen LogP contribution is -2.43. The molecular weight excluding hydrogens is 578 g/mol. The number of nitrogens with one attached hydrogen (secondary N) is 1. The van der Waals surface area contributed by atoms with Gasteiger partial charge in [-0.25, -0.2) is 8.42 Å². The average molecular weight is 616 g/mol. The number of methoxy groups -OCH3 is 1. The van der Waals surface area contributed by atoms with E-state index in [1.54, 1.807) is 54.7 Å². The summed E-state index contributed by atoms with van der Waals surface area (Å²) in [6.07, 6.45) is 3.80. The Hall–Kier alpha value is -4.41. The first-order valence-corrected chi connectivity index (χ1v) is 16.2. The first-order chi connectivity index (χ1) is 21.3. The molecule has 1 aliphatic heterocycles. The van der Waals surface area contributed by atoms with E-state index in [0.29, 0.717) is 36.6 Å². The van der Waals surface area contributed by atoms with Gasteiger partial charge in [0.25, 0.3) is 0 Å². The second-order valence-corrected chi connectivity index (χ2v) is 12.7. The highest BCUT2D eigenvalue weighted by Gasteiger charge is 2.32. The minimum Gasteiger partial charge on any atom is -0.497 e. The Morgan fingerprint density at radius 1 is 0.909 bits per heavy atom. The van der Waals surface area contributed by atoms with Crippen molar-refractivity contribution in [2.45, 2.75) is 49.7 Å². The minimum atomic E-state index is -3.52. The SMILES string of the molecule is COc1ccc(CN(C(=O)CCc2ccc(S(=O)(=O)N3CCCC3)cc2)[C@H](C(=O)NCc2ccco2)c2ccccc2)cc1. The zero-order chi connectivity index (χ0) is 30.9. The van der Waals surface area contributed by atoms with Crippen molar-refractivity contribution in [3.05, 3.63) is 120 Å². The van der Waals surface area contributed by atoms with E-state index in [0.717, 1.165) is 24.0 Å². The lowest BCUT2D eigenvalue weighted by molar-refractivity contribution is -0.141. The predicted octanol–water partition coefficient (Wildman–Crippen LogP) is 5.09. The number of hydrogen-bond acceptors (Lipinski definition) is 6. The van der Waals surface area contributed by atoms with Gasteiger partial charge in [0.1, 0.15) is 17.6 Å². The van der Waals surface area contributed by atoms with Crippen LogP contribution in [0.4, 0.5) is 0 Å². The summed E-state index contributed by atoms with van der Waals surface area (Å²) >= 11 is 0. The smallest absolute Gasteiger partial charge is 0.247 e.